The molecule has 0 radical (unpaired) electrons. The fraction of sp³-hybridized carbons (Fsp3) is 0.0270. The van der Waals surface area contributed by atoms with Crippen LogP contribution in [0.15, 0.2) is 235 Å². The van der Waals surface area contributed by atoms with Crippen molar-refractivity contribution < 1.29 is 13.9 Å². The number of nitrogens with zero attached hydrogens (tertiary/aromatic N) is 4. The first-order valence-corrected chi connectivity index (χ1v) is 29.7. The molecule has 8 aliphatic rings. The number of benzene rings is 12. The lowest BCUT2D eigenvalue weighted by Gasteiger charge is -2.50. The highest BCUT2D eigenvalue weighted by Crippen LogP contribution is 2.53. The van der Waals surface area contributed by atoms with Crippen LogP contribution in [0.3, 0.4) is 0 Å². The first-order valence-electron chi connectivity index (χ1n) is 29.7. The topological polar surface area (TPSA) is 44.6 Å². The van der Waals surface area contributed by atoms with Crippen molar-refractivity contribution >= 4 is 183 Å². The minimum Gasteiger partial charge on any atom is -0.458 e. The molecule has 0 amide bonds. The van der Waals surface area contributed by atoms with Gasteiger partial charge in [0.05, 0.1) is 11.4 Å². The van der Waals surface area contributed by atoms with E-state index in [0.717, 1.165) is 78.4 Å². The van der Waals surface area contributed by atoms with Crippen LogP contribution in [0.5, 0.6) is 23.0 Å². The zero-order chi connectivity index (χ0) is 55.2. The van der Waals surface area contributed by atoms with Crippen LogP contribution < -0.4 is 94.6 Å². The SMILES string of the molecule is Cc1c2c3c4c5c1N(c1ccccc1)c1ccccc1B5c1ccccc1N4c1ccccc1B3c1cc3c(cc1O2)oc1cc2c(cc13)B1c3ccccc3N3c4ccccc4B4c5ccccc5N(c5ccccc5)c5c(C)c(c1c3c54)O2. The standard InChI is InChI=1S/C74H44B4N4O3/c1-41-69-65-71-67-73(41)84-63-39-61-45(37-53(63)77(67)51-29-13-19-35-59(51)81(71)57-33-17-11-27-49(57)75(65)47-25-9-15-31-55(47)79(69)43-21-5-3-6-22-43)46-38-54-64(40-62(46)83-61)85-74-42(2)70-66-72-68(74)78(54)52-30-14-20-36-60(52)82(72)58-34-18-12-28-50(58)76(66)48-26-10-16-32-56(48)80(70)44-23-7-4-8-24-44/h3-40H,1-2H3. The molecule has 12 aromatic carbocycles. The van der Waals surface area contributed by atoms with Crippen LogP contribution in [-0.2, 0) is 0 Å². The van der Waals surface area contributed by atoms with E-state index in [-0.39, 0.29) is 26.9 Å². The number of hydrogen-bond acceptors (Lipinski definition) is 7. The Balaban J connectivity index is 0.807. The molecule has 1 aromatic heterocycles. The van der Waals surface area contributed by atoms with Crippen molar-refractivity contribution in [3.8, 4) is 23.0 Å². The van der Waals surface area contributed by atoms with Crippen molar-refractivity contribution in [2.24, 2.45) is 0 Å². The molecule has 9 heterocycles. The first kappa shape index (κ1) is 45.1. The van der Waals surface area contributed by atoms with Gasteiger partial charge in [-0.3, -0.25) is 0 Å². The zero-order valence-corrected chi connectivity index (χ0v) is 46.3. The van der Waals surface area contributed by atoms with Crippen molar-refractivity contribution in [1.82, 2.24) is 0 Å². The van der Waals surface area contributed by atoms with E-state index < -0.39 is 0 Å². The fourth-order valence-electron chi connectivity index (χ4n) is 17.1. The van der Waals surface area contributed by atoms with E-state index in [1.165, 1.54) is 112 Å². The molecule has 21 rings (SSSR count). The summed E-state index contributed by atoms with van der Waals surface area (Å²) in [5, 5.41) is 2.12. The summed E-state index contributed by atoms with van der Waals surface area (Å²) in [6.45, 7) is 4.31. The Kier molecular flexibility index (Phi) is 8.36. The van der Waals surface area contributed by atoms with Gasteiger partial charge in [-0.1, -0.05) is 158 Å². The van der Waals surface area contributed by atoms with Gasteiger partial charge in [-0.05, 0) is 140 Å². The molecule has 13 aromatic rings. The lowest BCUT2D eigenvalue weighted by atomic mass is 9.29. The molecule has 0 saturated carbocycles. The van der Waals surface area contributed by atoms with Gasteiger partial charge in [0.1, 0.15) is 34.2 Å². The highest BCUT2D eigenvalue weighted by Gasteiger charge is 2.54. The molecule has 0 spiro atoms. The van der Waals surface area contributed by atoms with Crippen LogP contribution in [0.25, 0.3) is 21.9 Å². The van der Waals surface area contributed by atoms with Crippen molar-refractivity contribution in [2.75, 3.05) is 19.6 Å². The first-order chi connectivity index (χ1) is 42.1. The lowest BCUT2D eigenvalue weighted by molar-refractivity contribution is 0.482. The highest BCUT2D eigenvalue weighted by molar-refractivity contribution is 7.06. The summed E-state index contributed by atoms with van der Waals surface area (Å²) < 4.78 is 22.3. The molecular formula is C74H44B4N4O3. The minimum absolute atomic E-state index is 0.00352. The molecule has 0 saturated heterocycles. The summed E-state index contributed by atoms with van der Waals surface area (Å²) in [6.07, 6.45) is 0. The van der Waals surface area contributed by atoms with Crippen LogP contribution in [0.4, 0.5) is 68.2 Å². The van der Waals surface area contributed by atoms with E-state index in [1.807, 2.05) is 0 Å². The largest absolute Gasteiger partial charge is 0.458 e. The monoisotopic (exact) mass is 1080 g/mol. The summed E-state index contributed by atoms with van der Waals surface area (Å²) in [5.41, 5.74) is 33.0. The van der Waals surface area contributed by atoms with Gasteiger partial charge in [-0.25, -0.2) is 0 Å². The summed E-state index contributed by atoms with van der Waals surface area (Å²) in [6, 6.07) is 85.2. The number of ether oxygens (including phenoxy) is 2. The number of fused-ring (bicyclic) bond motifs is 23. The molecule has 390 valence electrons. The molecule has 7 nitrogen and oxygen atoms in total. The Morgan fingerprint density at radius 2 is 0.576 bits per heavy atom. The predicted molar refractivity (Wildman–Crippen MR) is 354 cm³/mol. The van der Waals surface area contributed by atoms with Crippen LogP contribution in [-0.4, -0.2) is 26.9 Å². The van der Waals surface area contributed by atoms with E-state index >= 15 is 0 Å². The Hall–Kier alpha value is -10.5. The lowest BCUT2D eigenvalue weighted by Crippen LogP contribution is -2.68. The maximum atomic E-state index is 7.57. The second-order valence-corrected chi connectivity index (χ2v) is 24.1. The predicted octanol–water partition coefficient (Wildman–Crippen LogP) is 10.2. The number of rotatable bonds is 2. The summed E-state index contributed by atoms with van der Waals surface area (Å²) in [5.74, 6) is 3.44. The summed E-state index contributed by atoms with van der Waals surface area (Å²) >= 11 is 0. The molecule has 85 heavy (non-hydrogen) atoms. The Morgan fingerprint density at radius 1 is 0.282 bits per heavy atom. The summed E-state index contributed by atoms with van der Waals surface area (Å²) in [7, 11) is 0. The highest BCUT2D eigenvalue weighted by atomic mass is 16.5. The molecule has 0 atom stereocenters. The maximum Gasteiger partial charge on any atom is 0.256 e. The van der Waals surface area contributed by atoms with E-state index in [2.05, 4.69) is 264 Å². The minimum atomic E-state index is -0.129. The molecule has 0 N–H and O–H groups in total. The summed E-state index contributed by atoms with van der Waals surface area (Å²) in [4.78, 5) is 10.1. The molecular weight excluding hydrogens is 1040 g/mol. The van der Waals surface area contributed by atoms with Crippen LogP contribution in [0.1, 0.15) is 11.1 Å². The Morgan fingerprint density at radius 3 is 0.918 bits per heavy atom. The van der Waals surface area contributed by atoms with Gasteiger partial charge in [-0.2, -0.15) is 0 Å². The average Bonchev–Trinajstić information content (AvgIpc) is 1.17. The number of para-hydroxylation sites is 8. The van der Waals surface area contributed by atoms with Crippen LogP contribution in [0.2, 0.25) is 0 Å². The van der Waals surface area contributed by atoms with E-state index in [9.17, 15) is 0 Å². The Bertz CT molecular complexity index is 4910. The van der Waals surface area contributed by atoms with Crippen molar-refractivity contribution in [3.05, 3.63) is 242 Å². The van der Waals surface area contributed by atoms with E-state index in [4.69, 9.17) is 13.9 Å². The average molecular weight is 1080 g/mol. The quantitative estimate of drug-likeness (QED) is 0.160. The molecule has 8 aliphatic heterocycles. The number of anilines is 12. The Labute approximate surface area is 491 Å². The molecule has 0 aliphatic carbocycles. The van der Waals surface area contributed by atoms with Gasteiger partial charge in [0, 0.05) is 90.9 Å². The van der Waals surface area contributed by atoms with Gasteiger partial charge in [0.2, 0.25) is 0 Å². The van der Waals surface area contributed by atoms with Gasteiger partial charge >= 0.3 is 0 Å². The maximum absolute atomic E-state index is 7.57. The fourth-order valence-corrected chi connectivity index (χ4v) is 17.1. The third kappa shape index (κ3) is 5.41. The van der Waals surface area contributed by atoms with Crippen molar-refractivity contribution in [3.63, 3.8) is 0 Å². The van der Waals surface area contributed by atoms with Gasteiger partial charge in [0.25, 0.3) is 26.9 Å². The smallest absolute Gasteiger partial charge is 0.256 e. The third-order valence-corrected chi connectivity index (χ3v) is 20.2. The van der Waals surface area contributed by atoms with Gasteiger partial charge < -0.3 is 33.5 Å². The normalized spacial score (nSPS) is 14.7. The molecule has 0 bridgehead atoms. The zero-order valence-electron chi connectivity index (χ0n) is 46.3. The van der Waals surface area contributed by atoms with Gasteiger partial charge in [0.15, 0.2) is 0 Å². The second-order valence-electron chi connectivity index (χ2n) is 24.1. The van der Waals surface area contributed by atoms with E-state index in [1.54, 1.807) is 0 Å². The molecule has 0 fully saturated rings. The van der Waals surface area contributed by atoms with Crippen LogP contribution >= 0.6 is 0 Å². The third-order valence-electron chi connectivity index (χ3n) is 20.2. The van der Waals surface area contributed by atoms with Crippen molar-refractivity contribution in [1.29, 1.82) is 0 Å². The van der Waals surface area contributed by atoms with E-state index in [0.29, 0.717) is 0 Å². The van der Waals surface area contributed by atoms with Crippen molar-refractivity contribution in [2.45, 2.75) is 13.8 Å². The second kappa shape index (κ2) is 15.8. The number of furan rings is 1. The van der Waals surface area contributed by atoms with Gasteiger partial charge in [-0.15, -0.1) is 0 Å². The molecule has 0 unspecified atom stereocenters. The molecule has 11 heteroatoms. The number of hydrogen-bond donors (Lipinski definition) is 0. The van der Waals surface area contributed by atoms with Crippen LogP contribution in [0, 0.1) is 13.8 Å².